The molecule has 0 aromatic carbocycles. The van der Waals surface area contributed by atoms with E-state index in [1.54, 1.807) is 5.57 Å². The molecule has 0 aromatic heterocycles. The second-order valence-corrected chi connectivity index (χ2v) is 9.82. The van der Waals surface area contributed by atoms with Crippen LogP contribution in [0.3, 0.4) is 0 Å². The summed E-state index contributed by atoms with van der Waals surface area (Å²) in [6, 6.07) is 0. The molecule has 25 heavy (non-hydrogen) atoms. The Balaban J connectivity index is 1.36. The van der Waals surface area contributed by atoms with Gasteiger partial charge in [-0.2, -0.15) is 0 Å². The first-order valence-corrected chi connectivity index (χ1v) is 10.4. The molecule has 1 N–H and O–H groups in total. The van der Waals surface area contributed by atoms with Gasteiger partial charge >= 0.3 is 0 Å². The Bertz CT molecular complexity index is 709. The van der Waals surface area contributed by atoms with Crippen LogP contribution >= 0.6 is 0 Å². The molecule has 3 nitrogen and oxygen atoms in total. The largest absolute Gasteiger partial charge is 0.411 e. The summed E-state index contributed by atoms with van der Waals surface area (Å²) >= 11 is 0. The number of hydrogen-bond donors (Lipinski definition) is 1. The molecule has 8 atom stereocenters. The second-order valence-electron chi connectivity index (χ2n) is 9.82. The molecule has 0 aromatic rings. The highest BCUT2D eigenvalue weighted by atomic mass is 16.5. The van der Waals surface area contributed by atoms with Crippen LogP contribution in [0.1, 0.15) is 51.9 Å². The maximum absolute atomic E-state index is 9.15. The minimum absolute atomic E-state index is 0.0761. The van der Waals surface area contributed by atoms with Crippen molar-refractivity contribution in [3.05, 3.63) is 23.8 Å². The van der Waals surface area contributed by atoms with Crippen LogP contribution in [0.25, 0.3) is 0 Å². The van der Waals surface area contributed by atoms with Crippen LogP contribution in [0.5, 0.6) is 0 Å². The number of rotatable bonds is 0. The molecule has 0 unspecified atom stereocenters. The van der Waals surface area contributed by atoms with Gasteiger partial charge in [0, 0.05) is 5.41 Å². The Morgan fingerprint density at radius 1 is 1.16 bits per heavy atom. The SMILES string of the molecule is C[C@]12CC[C@H]3[C@@H](CCC4=C/C(=N/O)CC[C@@H]43)[C@@H]1[C@H]1C[C@H]1[C@@]21C=CCO1. The van der Waals surface area contributed by atoms with Gasteiger partial charge in [-0.15, -0.1) is 0 Å². The molecule has 1 aliphatic heterocycles. The lowest BCUT2D eigenvalue weighted by Crippen LogP contribution is -2.54. The van der Waals surface area contributed by atoms with Crippen molar-refractivity contribution in [3.8, 4) is 0 Å². The third-order valence-corrected chi connectivity index (χ3v) is 9.22. The Labute approximate surface area is 150 Å². The van der Waals surface area contributed by atoms with Crippen LogP contribution < -0.4 is 0 Å². The van der Waals surface area contributed by atoms with E-state index in [2.05, 4.69) is 30.3 Å². The van der Waals surface area contributed by atoms with Crippen LogP contribution in [0.2, 0.25) is 0 Å². The summed E-state index contributed by atoms with van der Waals surface area (Å²) in [7, 11) is 0. The van der Waals surface area contributed by atoms with Crippen molar-refractivity contribution in [1.29, 1.82) is 0 Å². The van der Waals surface area contributed by atoms with E-state index in [1.807, 2.05) is 0 Å². The van der Waals surface area contributed by atoms with E-state index in [0.29, 0.717) is 5.41 Å². The van der Waals surface area contributed by atoms with Crippen molar-refractivity contribution >= 4 is 5.71 Å². The molecule has 6 rings (SSSR count). The van der Waals surface area contributed by atoms with Gasteiger partial charge in [0.05, 0.1) is 17.9 Å². The van der Waals surface area contributed by atoms with Gasteiger partial charge in [-0.1, -0.05) is 29.8 Å². The van der Waals surface area contributed by atoms with Crippen molar-refractivity contribution in [2.24, 2.45) is 46.1 Å². The lowest BCUT2D eigenvalue weighted by Gasteiger charge is -2.57. The van der Waals surface area contributed by atoms with Crippen LogP contribution in [0, 0.1) is 40.9 Å². The predicted octanol–water partition coefficient (Wildman–Crippen LogP) is 4.57. The van der Waals surface area contributed by atoms with E-state index < -0.39 is 0 Å². The van der Waals surface area contributed by atoms with Crippen molar-refractivity contribution in [2.45, 2.75) is 57.5 Å². The molecular weight excluding hydrogens is 310 g/mol. The van der Waals surface area contributed by atoms with Gasteiger partial charge in [0.15, 0.2) is 0 Å². The van der Waals surface area contributed by atoms with Crippen LogP contribution in [-0.2, 0) is 4.74 Å². The maximum atomic E-state index is 9.15. The first-order chi connectivity index (χ1) is 12.2. The van der Waals surface area contributed by atoms with E-state index in [0.717, 1.165) is 54.2 Å². The van der Waals surface area contributed by atoms with Crippen molar-refractivity contribution in [1.82, 2.24) is 0 Å². The molecule has 134 valence electrons. The first-order valence-electron chi connectivity index (χ1n) is 10.4. The van der Waals surface area contributed by atoms with E-state index in [4.69, 9.17) is 9.94 Å². The van der Waals surface area contributed by atoms with Crippen molar-refractivity contribution in [3.63, 3.8) is 0 Å². The predicted molar refractivity (Wildman–Crippen MR) is 96.5 cm³/mol. The van der Waals surface area contributed by atoms with Gasteiger partial charge < -0.3 is 9.94 Å². The van der Waals surface area contributed by atoms with Gasteiger partial charge in [-0.25, -0.2) is 0 Å². The van der Waals surface area contributed by atoms with E-state index in [-0.39, 0.29) is 5.60 Å². The first kappa shape index (κ1) is 15.0. The lowest BCUT2D eigenvalue weighted by atomic mass is 9.49. The van der Waals surface area contributed by atoms with Gasteiger partial charge in [0.25, 0.3) is 0 Å². The average Bonchev–Trinajstić information content (AvgIpc) is 3.20. The number of allylic oxidation sites excluding steroid dienone is 2. The molecule has 4 fully saturated rings. The van der Waals surface area contributed by atoms with Gasteiger partial charge in [0.1, 0.15) is 0 Å². The highest BCUT2D eigenvalue weighted by molar-refractivity contribution is 5.96. The summed E-state index contributed by atoms with van der Waals surface area (Å²) in [5.74, 6) is 5.09. The third kappa shape index (κ3) is 1.69. The molecule has 3 heteroatoms. The summed E-state index contributed by atoms with van der Waals surface area (Å²) < 4.78 is 6.48. The summed E-state index contributed by atoms with van der Waals surface area (Å²) in [6.45, 7) is 3.40. The smallest absolute Gasteiger partial charge is 0.0954 e. The maximum Gasteiger partial charge on any atom is 0.0954 e. The number of fused-ring (bicyclic) bond motifs is 9. The molecule has 0 amide bonds. The average molecular weight is 339 g/mol. The monoisotopic (exact) mass is 339 g/mol. The summed E-state index contributed by atoms with van der Waals surface area (Å²) in [5.41, 5.74) is 2.92. The molecule has 1 heterocycles. The second kappa shape index (κ2) is 4.79. The highest BCUT2D eigenvalue weighted by Gasteiger charge is 2.76. The van der Waals surface area contributed by atoms with Crippen molar-refractivity contribution in [2.75, 3.05) is 6.61 Å². The Morgan fingerprint density at radius 2 is 2.08 bits per heavy atom. The van der Waals surface area contributed by atoms with Gasteiger partial charge in [-0.05, 0) is 86.5 Å². The minimum atomic E-state index is 0.0761. The molecule has 0 bridgehead atoms. The number of hydrogen-bond acceptors (Lipinski definition) is 3. The zero-order valence-electron chi connectivity index (χ0n) is 15.2. The number of oxime groups is 1. The van der Waals surface area contributed by atoms with Crippen LogP contribution in [-0.4, -0.2) is 23.1 Å². The fourth-order valence-corrected chi connectivity index (χ4v) is 8.34. The molecule has 1 spiro atoms. The Kier molecular flexibility index (Phi) is 2.88. The van der Waals surface area contributed by atoms with E-state index in [1.165, 1.54) is 38.5 Å². The molecule has 6 aliphatic rings. The highest BCUT2D eigenvalue weighted by Crippen LogP contribution is 2.77. The van der Waals surface area contributed by atoms with E-state index >= 15 is 0 Å². The summed E-state index contributed by atoms with van der Waals surface area (Å²) in [5, 5.41) is 12.6. The topological polar surface area (TPSA) is 41.8 Å². The molecular formula is C22H29NO2. The molecule has 4 saturated carbocycles. The summed E-state index contributed by atoms with van der Waals surface area (Å²) in [4.78, 5) is 0. The Morgan fingerprint density at radius 3 is 2.88 bits per heavy atom. The summed E-state index contributed by atoms with van der Waals surface area (Å²) in [6.07, 6.45) is 15.8. The van der Waals surface area contributed by atoms with E-state index in [9.17, 15) is 0 Å². The molecule has 0 radical (unpaired) electrons. The molecule has 5 aliphatic carbocycles. The zero-order chi connectivity index (χ0) is 16.8. The van der Waals surface area contributed by atoms with Crippen LogP contribution in [0.4, 0.5) is 0 Å². The number of nitrogens with zero attached hydrogens (tertiary/aromatic N) is 1. The standard InChI is InChI=1S/C22H29NO2/c1-21-9-7-16-15-6-4-14(23-24)11-13(15)3-5-17(16)20(21)18-12-19(18)22(21)8-2-10-25-22/h2,8,11,15-20,24H,3-7,9-10,12H2,1H3/b23-14+/t15-,16+,17+,18-,19+,20+,21-,22-/m0/s1. The third-order valence-electron chi connectivity index (χ3n) is 9.22. The Hall–Kier alpha value is -1.09. The normalized spacial score (nSPS) is 57.0. The van der Waals surface area contributed by atoms with Gasteiger partial charge in [0.2, 0.25) is 0 Å². The van der Waals surface area contributed by atoms with Crippen LogP contribution in [0.15, 0.2) is 29.0 Å². The van der Waals surface area contributed by atoms with Gasteiger partial charge in [-0.3, -0.25) is 0 Å². The quantitative estimate of drug-likeness (QED) is 0.399. The fourth-order valence-electron chi connectivity index (χ4n) is 8.34. The van der Waals surface area contributed by atoms with Crippen molar-refractivity contribution < 1.29 is 9.94 Å². The zero-order valence-corrected chi connectivity index (χ0v) is 15.2. The fraction of sp³-hybridized carbons (Fsp3) is 0.773. The lowest BCUT2D eigenvalue weighted by molar-refractivity contribution is -0.130. The molecule has 0 saturated heterocycles. The minimum Gasteiger partial charge on any atom is -0.411 e. The number of ether oxygens (including phenoxy) is 1.